The molecule has 16 aromatic rings. The van der Waals surface area contributed by atoms with Crippen molar-refractivity contribution < 1.29 is 48.2 Å². The van der Waals surface area contributed by atoms with Gasteiger partial charge in [-0.2, -0.15) is 18.2 Å². The Balaban J connectivity index is 0.00000939. The third-order valence-corrected chi connectivity index (χ3v) is 20.7. The Bertz CT molecular complexity index is 6670. The number of para-hydroxylation sites is 3. The number of hydrogen-bond donors (Lipinski definition) is 0. The molecule has 0 saturated carbocycles. The number of benzene rings is 12. The molecule has 0 N–H and O–H groups in total. The van der Waals surface area contributed by atoms with Crippen LogP contribution in [0.15, 0.2) is 261 Å². The summed E-state index contributed by atoms with van der Waals surface area (Å²) in [4.78, 5) is 4.94. The Kier molecular flexibility index (Phi) is 11.9. The Morgan fingerprint density at radius 1 is 0.455 bits per heavy atom. The zero-order chi connectivity index (χ0) is 79.5. The summed E-state index contributed by atoms with van der Waals surface area (Å²) >= 11 is 0. The molecule has 496 valence electrons. The van der Waals surface area contributed by atoms with Gasteiger partial charge in [0.2, 0.25) is 0 Å². The summed E-state index contributed by atoms with van der Waals surface area (Å²) in [6, 6.07) is 58.1. The molecule has 0 bridgehead atoms. The predicted molar refractivity (Wildman–Crippen MR) is 413 cm³/mol. The second-order valence-corrected chi connectivity index (χ2v) is 30.0. The average molecular weight is 1500 g/mol. The summed E-state index contributed by atoms with van der Waals surface area (Å²) in [7, 11) is 0. The molecule has 6 nitrogen and oxygen atoms in total. The fourth-order valence-electron chi connectivity index (χ4n) is 15.3. The van der Waals surface area contributed by atoms with Crippen LogP contribution in [0, 0.1) is 18.5 Å². The van der Waals surface area contributed by atoms with Crippen molar-refractivity contribution in [2.75, 3.05) is 0 Å². The molecule has 7 heteroatoms. The zero-order valence-corrected chi connectivity index (χ0v) is 60.0. The van der Waals surface area contributed by atoms with E-state index in [1.807, 2.05) is 83.6 Å². The van der Waals surface area contributed by atoms with E-state index in [1.54, 1.807) is 0 Å². The molecule has 0 unspecified atom stereocenters. The molecule has 0 atom stereocenters. The van der Waals surface area contributed by atoms with Gasteiger partial charge in [-0.1, -0.05) is 232 Å². The van der Waals surface area contributed by atoms with Crippen molar-refractivity contribution in [3.05, 3.63) is 301 Å². The molecule has 4 aromatic heterocycles. The quantitative estimate of drug-likeness (QED) is 0.112. The van der Waals surface area contributed by atoms with Crippen LogP contribution in [0.25, 0.3) is 144 Å². The van der Waals surface area contributed by atoms with Crippen LogP contribution in [0.1, 0.15) is 122 Å². The summed E-state index contributed by atoms with van der Waals surface area (Å²) in [5, 5.41) is 4.06. The van der Waals surface area contributed by atoms with Crippen molar-refractivity contribution in [2.45, 2.75) is 104 Å². The Morgan fingerprint density at radius 3 is 1.59 bits per heavy atom. The van der Waals surface area contributed by atoms with Crippen molar-refractivity contribution in [3.63, 3.8) is 0 Å². The molecule has 5 heterocycles. The molecule has 0 radical (unpaired) electrons. The largest absolute Gasteiger partial charge is 0.510 e. The van der Waals surface area contributed by atoms with Gasteiger partial charge in [0, 0.05) is 55.1 Å². The van der Waals surface area contributed by atoms with Gasteiger partial charge in [-0.05, 0) is 201 Å². The van der Waals surface area contributed by atoms with Crippen molar-refractivity contribution in [2.24, 2.45) is 0 Å². The summed E-state index contributed by atoms with van der Waals surface area (Å²) in [5.74, 6) is 1.43. The fraction of sp³-hybridized carbons (Fsp3) is 0.170. The van der Waals surface area contributed by atoms with Gasteiger partial charge in [-0.15, -0.1) is 29.7 Å². The summed E-state index contributed by atoms with van der Waals surface area (Å²) in [5.41, 5.74) is 13.0. The molecule has 12 aromatic carbocycles. The normalized spacial score (nSPS) is 15.6. The van der Waals surface area contributed by atoms with E-state index < -0.39 is 106 Å². The molecule has 2 aliphatic rings. The van der Waals surface area contributed by atoms with E-state index in [-0.39, 0.29) is 48.4 Å². The van der Waals surface area contributed by atoms with Gasteiger partial charge in [-0.3, -0.25) is 4.57 Å². The number of imidazole rings is 1. The van der Waals surface area contributed by atoms with Crippen LogP contribution in [0.2, 0.25) is 0 Å². The first kappa shape index (κ1) is 50.6. The number of hydrogen-bond acceptors (Lipinski definition) is 2. The molecule has 1 aliphatic heterocycles. The number of pyridine rings is 1. The smallest absolute Gasteiger partial charge is 0.268 e. The van der Waals surface area contributed by atoms with Crippen LogP contribution in [-0.4, -0.2) is 18.7 Å². The maximum atomic E-state index is 10.7. The maximum absolute atomic E-state index is 10.7. The van der Waals surface area contributed by atoms with Crippen molar-refractivity contribution in [1.82, 2.24) is 18.7 Å². The molecular weight excluding hydrogens is 1410 g/mol. The van der Waals surface area contributed by atoms with Gasteiger partial charge in [0.05, 0.1) is 51.3 Å². The van der Waals surface area contributed by atoms with Gasteiger partial charge in [-0.25, -0.2) is 4.98 Å². The number of rotatable bonds is 8. The number of nitrogens with zero attached hydrogens (tertiary/aromatic N) is 5. The minimum atomic E-state index is -0.753. The Morgan fingerprint density at radius 2 is 0.990 bits per heavy atom. The van der Waals surface area contributed by atoms with Crippen LogP contribution in [0.4, 0.5) is 0 Å². The van der Waals surface area contributed by atoms with E-state index in [1.165, 1.54) is 11.1 Å². The summed E-state index contributed by atoms with van der Waals surface area (Å²) in [6.45, 7) is 22.6. The van der Waals surface area contributed by atoms with Crippen LogP contribution in [0.5, 0.6) is 11.5 Å². The molecule has 0 spiro atoms. The third kappa shape index (κ3) is 10.6. The van der Waals surface area contributed by atoms with Gasteiger partial charge in [0.25, 0.3) is 6.33 Å². The predicted octanol–water partition coefficient (Wildman–Crippen LogP) is 23.9. The fourth-order valence-corrected chi connectivity index (χ4v) is 15.3. The summed E-state index contributed by atoms with van der Waals surface area (Å²) in [6.07, 6.45) is 7.73. The first-order valence-corrected chi connectivity index (χ1v) is 34.2. The van der Waals surface area contributed by atoms with E-state index in [4.69, 9.17) is 17.9 Å². The molecule has 1 aliphatic carbocycles. The van der Waals surface area contributed by atoms with Crippen LogP contribution >= 0.6 is 0 Å². The number of ether oxygens (including phenoxy) is 1. The van der Waals surface area contributed by atoms with Gasteiger partial charge < -0.3 is 18.4 Å². The second kappa shape index (κ2) is 23.8. The van der Waals surface area contributed by atoms with Crippen LogP contribution in [-0.2, 0) is 42.7 Å². The van der Waals surface area contributed by atoms with E-state index in [9.17, 15) is 9.60 Å². The van der Waals surface area contributed by atoms with Crippen molar-refractivity contribution in [3.8, 4) is 101 Å². The van der Waals surface area contributed by atoms with Crippen LogP contribution < -0.4 is 9.30 Å². The second-order valence-electron chi connectivity index (χ2n) is 30.0. The zero-order valence-electron chi connectivity index (χ0n) is 70.7. The van der Waals surface area contributed by atoms with Crippen LogP contribution in [0.3, 0.4) is 0 Å². The van der Waals surface area contributed by atoms with Gasteiger partial charge in [0.15, 0.2) is 0 Å². The number of fused-ring (bicyclic) bond motifs is 14. The SMILES string of the molecule is [2H]c1c([2H])c([2H])c(-c2c([2H])c(-c3cc4c5c(c3)n(-c3[c-]c(Oc6[c-]c7c(cc6)c6ccccc6n7-c6cc(C(C)(C)C)ccn6)ccc3)[c-][n+]5-c3c(cc(C(C)(C)C)cc3-n3c5ccccc5c5ccccc53)-c3cc5c(cc3-c3ccccc3-4)C(C)(C)CCC5(C)C)c([2H])c(-c3c([2H])c([2H])c([2H])c([2H])c3[2H])c2[2H])c([2H])c1[2H].[Pt]. The first-order valence-electron chi connectivity index (χ1n) is 40.7. The third-order valence-electron chi connectivity index (χ3n) is 20.7. The number of aromatic nitrogens is 5. The van der Waals surface area contributed by atoms with E-state index in [0.717, 1.165) is 113 Å². The standard InChI is InChI=1S/C94H77N5O.Pt/c1-91(2,3)65-42-45-95-88(53-65)99-84-39-24-21-36-74(84)75-41-40-69(55-85(75)99)100-68-31-25-30-67(54-68)96-58-97-89-78(49-64(50-86(89)96)63-47-61(59-26-13-11-14-27-59)46-62(48-63)60-28-15-12-16-29-60)71-33-18-17-32-70(71)76-56-80-81(94(9,10)44-43-93(80,7)8)57-77(76)79-51-66(92(4,5)6)52-87(90(79)97)98-82-37-22-19-34-72(82)73-35-20-23-38-83(73)98;/h11-42,45-53,56-57H,43-44H2,1-10H3;/q-2;/i11D,12D,13D,14D,15D,16D,26D,27D,28D,29D,46D,47D,48D;. The van der Waals surface area contributed by atoms with Gasteiger partial charge in [0.1, 0.15) is 5.82 Å². The summed E-state index contributed by atoms with van der Waals surface area (Å²) < 4.78 is 138. The van der Waals surface area contributed by atoms with Gasteiger partial charge >= 0.3 is 0 Å². The Labute approximate surface area is 624 Å². The molecule has 0 amide bonds. The molecule has 0 saturated heterocycles. The Hall–Kier alpha value is -10.7. The average Bonchev–Trinajstić information content (AvgIpc) is 1.44. The van der Waals surface area contributed by atoms with E-state index in [2.05, 4.69) is 205 Å². The molecular formula is C94H77N5OPt-2. The van der Waals surface area contributed by atoms with E-state index >= 15 is 0 Å². The maximum Gasteiger partial charge on any atom is 0.268 e. The minimum absolute atomic E-state index is 0. The van der Waals surface area contributed by atoms with E-state index in [0.29, 0.717) is 33.8 Å². The molecule has 101 heavy (non-hydrogen) atoms. The molecule has 0 fully saturated rings. The minimum Gasteiger partial charge on any atom is -0.510 e. The topological polar surface area (TPSA) is 40.8 Å². The van der Waals surface area contributed by atoms with Crippen molar-refractivity contribution >= 4 is 54.6 Å². The molecule has 18 rings (SSSR count). The first-order chi connectivity index (χ1) is 53.7. The monoisotopic (exact) mass is 1500 g/mol. The van der Waals surface area contributed by atoms with Crippen molar-refractivity contribution in [1.29, 1.82) is 0 Å².